The normalized spacial score (nSPS) is 14.9. The summed E-state index contributed by atoms with van der Waals surface area (Å²) in [6.07, 6.45) is 3.72. The SMILES string of the molecule is COc1cccc(C2C(C(=O)Nc3ccccc3)=C(C)N=c3sc(=Cc4cn(CC#N)c5ccccc45)c(=O)n32)c1. The minimum absolute atomic E-state index is 0.199. The molecule has 0 saturated carbocycles. The summed E-state index contributed by atoms with van der Waals surface area (Å²) in [5, 5.41) is 13.2. The van der Waals surface area contributed by atoms with E-state index in [0.717, 1.165) is 22.0 Å². The predicted octanol–water partition coefficient (Wildman–Crippen LogP) is 4.36. The van der Waals surface area contributed by atoms with Crippen LogP contribution in [-0.4, -0.2) is 22.2 Å². The number of allylic oxidation sites excluding steroid dienone is 1. The van der Waals surface area contributed by atoms with Gasteiger partial charge in [-0.05, 0) is 48.9 Å². The molecule has 1 unspecified atom stereocenters. The summed E-state index contributed by atoms with van der Waals surface area (Å²) >= 11 is 1.27. The van der Waals surface area contributed by atoms with E-state index >= 15 is 0 Å². The Labute approximate surface area is 239 Å². The quantitative estimate of drug-likeness (QED) is 0.334. The maximum absolute atomic E-state index is 14.1. The number of carbonyl (C=O) groups is 1. The number of hydrogen-bond donors (Lipinski definition) is 1. The first kappa shape index (κ1) is 26.0. The van der Waals surface area contributed by atoms with Gasteiger partial charge >= 0.3 is 0 Å². The van der Waals surface area contributed by atoms with E-state index in [1.165, 1.54) is 11.3 Å². The Balaban J connectivity index is 1.54. The van der Waals surface area contributed by atoms with Gasteiger partial charge in [-0.2, -0.15) is 5.26 Å². The number of anilines is 1. The van der Waals surface area contributed by atoms with Crippen LogP contribution >= 0.6 is 11.3 Å². The average Bonchev–Trinajstić information content (AvgIpc) is 3.49. The fourth-order valence-electron chi connectivity index (χ4n) is 5.20. The van der Waals surface area contributed by atoms with Gasteiger partial charge in [-0.15, -0.1) is 0 Å². The van der Waals surface area contributed by atoms with Crippen LogP contribution in [0, 0.1) is 11.3 Å². The molecule has 0 fully saturated rings. The van der Waals surface area contributed by atoms with Gasteiger partial charge in [0.1, 0.15) is 12.3 Å². The molecule has 1 N–H and O–H groups in total. The zero-order chi connectivity index (χ0) is 28.5. The molecular formula is C32H25N5O3S. The molecule has 1 atom stereocenters. The second-order valence-corrected chi connectivity index (χ2v) is 10.6. The highest BCUT2D eigenvalue weighted by molar-refractivity contribution is 7.07. The number of aromatic nitrogens is 2. The van der Waals surface area contributed by atoms with Crippen LogP contribution in [0.15, 0.2) is 106 Å². The summed E-state index contributed by atoms with van der Waals surface area (Å²) in [6.45, 7) is 1.99. The molecule has 3 heterocycles. The van der Waals surface area contributed by atoms with Crippen molar-refractivity contribution in [2.24, 2.45) is 4.99 Å². The van der Waals surface area contributed by atoms with Crippen molar-refractivity contribution in [2.75, 3.05) is 12.4 Å². The topological polar surface area (TPSA) is 101 Å². The molecule has 3 aromatic carbocycles. The monoisotopic (exact) mass is 559 g/mol. The van der Waals surface area contributed by atoms with Crippen molar-refractivity contribution in [3.8, 4) is 11.8 Å². The molecule has 6 rings (SSSR count). The lowest BCUT2D eigenvalue weighted by Gasteiger charge is -2.25. The van der Waals surface area contributed by atoms with E-state index in [1.54, 1.807) is 18.6 Å². The lowest BCUT2D eigenvalue weighted by atomic mass is 9.95. The van der Waals surface area contributed by atoms with Crippen molar-refractivity contribution in [2.45, 2.75) is 19.5 Å². The maximum Gasteiger partial charge on any atom is 0.271 e. The minimum atomic E-state index is -0.716. The number of rotatable bonds is 6. The smallest absolute Gasteiger partial charge is 0.271 e. The zero-order valence-corrected chi connectivity index (χ0v) is 23.2. The lowest BCUT2D eigenvalue weighted by molar-refractivity contribution is -0.113. The van der Waals surface area contributed by atoms with Crippen molar-refractivity contribution in [1.82, 2.24) is 9.13 Å². The first-order valence-corrected chi connectivity index (χ1v) is 13.8. The predicted molar refractivity (Wildman–Crippen MR) is 159 cm³/mol. The van der Waals surface area contributed by atoms with Gasteiger partial charge in [-0.3, -0.25) is 14.2 Å². The van der Waals surface area contributed by atoms with E-state index in [0.29, 0.717) is 32.0 Å². The highest BCUT2D eigenvalue weighted by atomic mass is 32.1. The number of nitrogens with one attached hydrogen (secondary N) is 1. The molecule has 0 radical (unpaired) electrons. The van der Waals surface area contributed by atoms with Crippen LogP contribution in [0.3, 0.4) is 0 Å². The average molecular weight is 560 g/mol. The summed E-state index contributed by atoms with van der Waals surface area (Å²) in [5.41, 5.74) is 3.78. The number of para-hydroxylation sites is 2. The summed E-state index contributed by atoms with van der Waals surface area (Å²) in [7, 11) is 1.58. The number of benzene rings is 3. The molecule has 0 saturated heterocycles. The molecule has 0 aliphatic carbocycles. The largest absolute Gasteiger partial charge is 0.497 e. The number of fused-ring (bicyclic) bond motifs is 2. The van der Waals surface area contributed by atoms with Gasteiger partial charge < -0.3 is 14.6 Å². The molecule has 41 heavy (non-hydrogen) atoms. The second-order valence-electron chi connectivity index (χ2n) is 9.57. The standard InChI is InChI=1S/C32H25N5O3S/c1-20-28(30(38)35-23-10-4-3-5-11-23)29(21-9-8-12-24(17-21)40-2)37-31(39)27(41-32(37)34-20)18-22-19-36(16-15-33)26-14-7-6-13-25(22)26/h3-14,17-19,29H,16H2,1-2H3,(H,35,38). The first-order chi connectivity index (χ1) is 20.0. The van der Waals surface area contributed by atoms with Crippen LogP contribution < -0.4 is 24.9 Å². The maximum atomic E-state index is 14.1. The van der Waals surface area contributed by atoms with E-state index in [9.17, 15) is 14.9 Å². The van der Waals surface area contributed by atoms with Crippen LogP contribution in [0.5, 0.6) is 5.75 Å². The van der Waals surface area contributed by atoms with Gasteiger partial charge in [0.2, 0.25) is 0 Å². The van der Waals surface area contributed by atoms with Crippen LogP contribution in [0.1, 0.15) is 24.1 Å². The number of ether oxygens (including phenoxy) is 1. The third kappa shape index (κ3) is 4.75. The number of amides is 1. The molecule has 9 heteroatoms. The van der Waals surface area contributed by atoms with E-state index in [4.69, 9.17) is 9.73 Å². The van der Waals surface area contributed by atoms with E-state index in [-0.39, 0.29) is 18.0 Å². The lowest BCUT2D eigenvalue weighted by Crippen LogP contribution is -2.40. The number of hydrogen-bond acceptors (Lipinski definition) is 6. The molecular weight excluding hydrogens is 534 g/mol. The molecule has 202 valence electrons. The van der Waals surface area contributed by atoms with Gasteiger partial charge in [0.15, 0.2) is 4.80 Å². The molecule has 0 bridgehead atoms. The van der Waals surface area contributed by atoms with Gasteiger partial charge in [-0.25, -0.2) is 4.99 Å². The Kier molecular flexibility index (Phi) is 6.83. The van der Waals surface area contributed by atoms with Crippen LogP contribution in [0.2, 0.25) is 0 Å². The number of methoxy groups -OCH3 is 1. The first-order valence-electron chi connectivity index (χ1n) is 13.0. The van der Waals surface area contributed by atoms with Crippen molar-refractivity contribution >= 4 is 39.9 Å². The zero-order valence-electron chi connectivity index (χ0n) is 22.4. The second kappa shape index (κ2) is 10.8. The van der Waals surface area contributed by atoms with E-state index in [1.807, 2.05) is 95.7 Å². The Hall–Kier alpha value is -5.20. The number of carbonyl (C=O) groups excluding carboxylic acids is 1. The number of nitriles is 1. The molecule has 8 nitrogen and oxygen atoms in total. The molecule has 1 amide bonds. The highest BCUT2D eigenvalue weighted by Crippen LogP contribution is 2.32. The Morgan fingerprint density at radius 2 is 1.90 bits per heavy atom. The fourth-order valence-corrected chi connectivity index (χ4v) is 6.23. The van der Waals surface area contributed by atoms with Crippen molar-refractivity contribution < 1.29 is 9.53 Å². The molecule has 1 aliphatic heterocycles. The Bertz CT molecular complexity index is 2060. The van der Waals surface area contributed by atoms with Crippen LogP contribution in [0.25, 0.3) is 17.0 Å². The van der Waals surface area contributed by atoms with Gasteiger partial charge in [0, 0.05) is 28.4 Å². The fraction of sp³-hybridized carbons (Fsp3) is 0.125. The van der Waals surface area contributed by atoms with Gasteiger partial charge in [0.05, 0.1) is 35.0 Å². The molecule has 1 aliphatic rings. The Morgan fingerprint density at radius 3 is 2.68 bits per heavy atom. The van der Waals surface area contributed by atoms with Crippen LogP contribution in [0.4, 0.5) is 5.69 Å². The van der Waals surface area contributed by atoms with Crippen molar-refractivity contribution in [3.63, 3.8) is 0 Å². The third-order valence-corrected chi connectivity index (χ3v) is 8.04. The molecule has 0 spiro atoms. The van der Waals surface area contributed by atoms with E-state index in [2.05, 4.69) is 11.4 Å². The van der Waals surface area contributed by atoms with Crippen molar-refractivity contribution in [3.05, 3.63) is 127 Å². The number of nitrogens with zero attached hydrogens (tertiary/aromatic N) is 4. The molecule has 5 aromatic rings. The third-order valence-electron chi connectivity index (χ3n) is 7.05. The highest BCUT2D eigenvalue weighted by Gasteiger charge is 2.32. The minimum Gasteiger partial charge on any atom is -0.497 e. The van der Waals surface area contributed by atoms with Crippen LogP contribution in [-0.2, 0) is 11.3 Å². The number of thiazole rings is 1. The molecule has 2 aromatic heterocycles. The van der Waals surface area contributed by atoms with Gasteiger partial charge in [0.25, 0.3) is 11.5 Å². The summed E-state index contributed by atoms with van der Waals surface area (Å²) in [5.74, 6) is 0.284. The van der Waals surface area contributed by atoms with Crippen molar-refractivity contribution in [1.29, 1.82) is 5.26 Å². The summed E-state index contributed by atoms with van der Waals surface area (Å²) in [6, 6.07) is 25.8. The Morgan fingerprint density at radius 1 is 1.12 bits per heavy atom. The van der Waals surface area contributed by atoms with E-state index < -0.39 is 6.04 Å². The summed E-state index contributed by atoms with van der Waals surface area (Å²) < 4.78 is 9.41. The summed E-state index contributed by atoms with van der Waals surface area (Å²) in [4.78, 5) is 33.1. The van der Waals surface area contributed by atoms with Gasteiger partial charge in [-0.1, -0.05) is 59.9 Å².